The number of ether oxygens (including phenoxy) is 1. The fourth-order valence-electron chi connectivity index (χ4n) is 4.11. The normalized spacial score (nSPS) is 18.3. The van der Waals surface area contributed by atoms with Crippen LogP contribution in [0.25, 0.3) is 0 Å². The lowest BCUT2D eigenvalue weighted by molar-refractivity contribution is -0.121. The highest BCUT2D eigenvalue weighted by atomic mass is 16.5. The third-order valence-corrected chi connectivity index (χ3v) is 5.84. The molecule has 2 N–H and O–H groups in total. The maximum atomic E-state index is 12.8. The van der Waals surface area contributed by atoms with Crippen LogP contribution in [-0.2, 0) is 16.0 Å². The first-order chi connectivity index (χ1) is 14.1. The van der Waals surface area contributed by atoms with Gasteiger partial charge in [-0.15, -0.1) is 0 Å². The Kier molecular flexibility index (Phi) is 5.81. The van der Waals surface area contributed by atoms with Gasteiger partial charge in [-0.1, -0.05) is 36.4 Å². The van der Waals surface area contributed by atoms with Crippen LogP contribution in [0.4, 0.5) is 11.4 Å². The lowest BCUT2D eigenvalue weighted by Gasteiger charge is -2.35. The van der Waals surface area contributed by atoms with Gasteiger partial charge in [0.25, 0.3) is 5.91 Å². The fraction of sp³-hybridized carbons (Fsp3) is 0.391. The van der Waals surface area contributed by atoms with Crippen molar-refractivity contribution in [1.29, 1.82) is 0 Å². The van der Waals surface area contributed by atoms with Gasteiger partial charge in [-0.25, -0.2) is 0 Å². The van der Waals surface area contributed by atoms with Gasteiger partial charge in [-0.3, -0.25) is 14.5 Å². The number of anilines is 2. The minimum Gasteiger partial charge on any atom is -0.479 e. The van der Waals surface area contributed by atoms with Crippen molar-refractivity contribution in [3.8, 4) is 5.75 Å². The van der Waals surface area contributed by atoms with Crippen molar-refractivity contribution < 1.29 is 14.3 Å². The fourth-order valence-corrected chi connectivity index (χ4v) is 4.11. The van der Waals surface area contributed by atoms with Crippen molar-refractivity contribution in [2.75, 3.05) is 30.3 Å². The number of hydrogen-bond donors (Lipinski definition) is 2. The van der Waals surface area contributed by atoms with E-state index >= 15 is 0 Å². The lowest BCUT2D eigenvalue weighted by atomic mass is 9.89. The molecule has 2 aliphatic heterocycles. The number of carbonyl (C=O) groups is 2. The third kappa shape index (κ3) is 4.59. The molecule has 0 spiro atoms. The minimum atomic E-state index is -0.221. The zero-order valence-corrected chi connectivity index (χ0v) is 16.7. The van der Waals surface area contributed by atoms with Gasteiger partial charge in [0, 0.05) is 0 Å². The number of carbonyl (C=O) groups excluding carboxylic acids is 2. The quantitative estimate of drug-likeness (QED) is 0.818. The van der Waals surface area contributed by atoms with Crippen LogP contribution < -0.4 is 15.4 Å². The van der Waals surface area contributed by atoms with E-state index in [0.717, 1.165) is 32.4 Å². The monoisotopic (exact) mass is 393 g/mol. The average molecular weight is 393 g/mol. The van der Waals surface area contributed by atoms with Crippen molar-refractivity contribution >= 4 is 23.2 Å². The zero-order chi connectivity index (χ0) is 20.2. The Labute approximate surface area is 171 Å². The van der Waals surface area contributed by atoms with Crippen LogP contribution in [0.3, 0.4) is 0 Å². The number of amides is 2. The standard InChI is InChI=1S/C23H27N3O3/c1-16(26-12-10-18(11-13-26)14-17-6-3-2-4-7-17)23(28)25-20-9-5-8-19-22(20)29-15-21(27)24-19/h2-9,16,18H,10-15H2,1H3,(H,24,27)(H,25,28). The summed E-state index contributed by atoms with van der Waals surface area (Å²) in [6.45, 7) is 3.76. The Hall–Kier alpha value is -2.86. The number of piperidine rings is 1. The number of rotatable bonds is 5. The molecule has 2 amide bonds. The number of para-hydroxylation sites is 1. The Bertz CT molecular complexity index is 876. The Morgan fingerprint density at radius 2 is 1.93 bits per heavy atom. The van der Waals surface area contributed by atoms with Gasteiger partial charge in [0.15, 0.2) is 12.4 Å². The van der Waals surface area contributed by atoms with Gasteiger partial charge in [0.2, 0.25) is 5.91 Å². The summed E-state index contributed by atoms with van der Waals surface area (Å²) in [5, 5.41) is 5.74. The Balaban J connectivity index is 1.32. The summed E-state index contributed by atoms with van der Waals surface area (Å²) in [4.78, 5) is 26.6. The van der Waals surface area contributed by atoms with Gasteiger partial charge in [0.1, 0.15) is 0 Å². The van der Waals surface area contributed by atoms with Crippen molar-refractivity contribution in [1.82, 2.24) is 4.90 Å². The van der Waals surface area contributed by atoms with Crippen molar-refractivity contribution in [2.45, 2.75) is 32.2 Å². The molecule has 4 rings (SSSR count). The van der Waals surface area contributed by atoms with Crippen LogP contribution in [0.1, 0.15) is 25.3 Å². The topological polar surface area (TPSA) is 70.7 Å². The highest BCUT2D eigenvalue weighted by Gasteiger charge is 2.28. The number of likely N-dealkylation sites (tertiary alicyclic amines) is 1. The maximum Gasteiger partial charge on any atom is 0.262 e. The molecule has 6 heteroatoms. The molecule has 0 aromatic heterocycles. The highest BCUT2D eigenvalue weighted by molar-refractivity contribution is 6.01. The van der Waals surface area contributed by atoms with Gasteiger partial charge in [-0.05, 0) is 62.9 Å². The smallest absolute Gasteiger partial charge is 0.262 e. The van der Waals surface area contributed by atoms with Gasteiger partial charge in [-0.2, -0.15) is 0 Å². The second kappa shape index (κ2) is 8.66. The summed E-state index contributed by atoms with van der Waals surface area (Å²) in [7, 11) is 0. The number of benzene rings is 2. The second-order valence-corrected chi connectivity index (χ2v) is 7.85. The first-order valence-corrected chi connectivity index (χ1v) is 10.2. The van der Waals surface area contributed by atoms with Crippen molar-refractivity contribution in [2.24, 2.45) is 5.92 Å². The van der Waals surface area contributed by atoms with E-state index in [2.05, 4.69) is 45.9 Å². The van der Waals surface area contributed by atoms with E-state index in [1.54, 1.807) is 18.2 Å². The molecular weight excluding hydrogens is 366 g/mol. The van der Waals surface area contributed by atoms with E-state index in [1.807, 2.05) is 6.92 Å². The molecule has 0 saturated carbocycles. The van der Waals surface area contributed by atoms with Gasteiger partial charge in [0.05, 0.1) is 17.4 Å². The zero-order valence-electron chi connectivity index (χ0n) is 16.7. The number of hydrogen-bond acceptors (Lipinski definition) is 4. The first kappa shape index (κ1) is 19.5. The summed E-state index contributed by atoms with van der Waals surface area (Å²) >= 11 is 0. The molecule has 1 unspecified atom stereocenters. The predicted octanol–water partition coefficient (Wildman–Crippen LogP) is 3.30. The molecule has 1 fully saturated rings. The molecule has 2 aromatic carbocycles. The van der Waals surface area contributed by atoms with Gasteiger partial charge < -0.3 is 15.4 Å². The van der Waals surface area contributed by atoms with Crippen LogP contribution >= 0.6 is 0 Å². The SMILES string of the molecule is CC(C(=O)Nc1cccc2c1OCC(=O)N2)N1CCC(Cc2ccccc2)CC1. The van der Waals surface area contributed by atoms with Crippen LogP contribution in [-0.4, -0.2) is 42.5 Å². The third-order valence-electron chi connectivity index (χ3n) is 5.84. The van der Waals surface area contributed by atoms with E-state index in [9.17, 15) is 9.59 Å². The maximum absolute atomic E-state index is 12.8. The first-order valence-electron chi connectivity index (χ1n) is 10.2. The number of fused-ring (bicyclic) bond motifs is 1. The molecule has 2 aliphatic rings. The highest BCUT2D eigenvalue weighted by Crippen LogP contribution is 2.35. The largest absolute Gasteiger partial charge is 0.479 e. The van der Waals surface area contributed by atoms with Crippen molar-refractivity contribution in [3.05, 3.63) is 54.1 Å². The van der Waals surface area contributed by atoms with E-state index in [1.165, 1.54) is 5.56 Å². The molecular formula is C23H27N3O3. The minimum absolute atomic E-state index is 0.0373. The van der Waals surface area contributed by atoms with Crippen LogP contribution in [0, 0.1) is 5.92 Å². The molecule has 2 aromatic rings. The summed E-state index contributed by atoms with van der Waals surface area (Å²) < 4.78 is 5.52. The predicted molar refractivity (Wildman–Crippen MR) is 113 cm³/mol. The molecule has 29 heavy (non-hydrogen) atoms. The van der Waals surface area contributed by atoms with Crippen LogP contribution in [0.5, 0.6) is 5.75 Å². The van der Waals surface area contributed by atoms with E-state index in [4.69, 9.17) is 4.74 Å². The summed E-state index contributed by atoms with van der Waals surface area (Å²) in [6, 6.07) is 15.7. The van der Waals surface area contributed by atoms with E-state index < -0.39 is 0 Å². The van der Waals surface area contributed by atoms with Gasteiger partial charge >= 0.3 is 0 Å². The molecule has 0 aliphatic carbocycles. The van der Waals surface area contributed by atoms with Crippen LogP contribution in [0.15, 0.2) is 48.5 Å². The molecule has 6 nitrogen and oxygen atoms in total. The second-order valence-electron chi connectivity index (χ2n) is 7.85. The molecule has 0 radical (unpaired) electrons. The Morgan fingerprint density at radius 1 is 1.17 bits per heavy atom. The number of nitrogens with zero attached hydrogens (tertiary/aromatic N) is 1. The molecule has 152 valence electrons. The summed E-state index contributed by atoms with van der Waals surface area (Å²) in [5.74, 6) is 0.949. The summed E-state index contributed by atoms with van der Waals surface area (Å²) in [6.07, 6.45) is 3.30. The van der Waals surface area contributed by atoms with E-state index in [-0.39, 0.29) is 24.5 Å². The van der Waals surface area contributed by atoms with Crippen LogP contribution in [0.2, 0.25) is 0 Å². The summed E-state index contributed by atoms with van der Waals surface area (Å²) in [5.41, 5.74) is 2.57. The molecule has 2 heterocycles. The molecule has 1 atom stereocenters. The number of nitrogens with one attached hydrogen (secondary N) is 2. The van der Waals surface area contributed by atoms with E-state index in [0.29, 0.717) is 23.0 Å². The lowest BCUT2D eigenvalue weighted by Crippen LogP contribution is -2.46. The molecule has 0 bridgehead atoms. The Morgan fingerprint density at radius 3 is 2.69 bits per heavy atom. The molecule has 1 saturated heterocycles. The average Bonchev–Trinajstić information content (AvgIpc) is 2.74. The van der Waals surface area contributed by atoms with Crippen molar-refractivity contribution in [3.63, 3.8) is 0 Å².